The van der Waals surface area contributed by atoms with E-state index in [1.165, 1.54) is 0 Å². The number of nitrogens with zero attached hydrogens (tertiary/aromatic N) is 3. The van der Waals surface area contributed by atoms with Gasteiger partial charge >= 0.3 is 0 Å². The number of pyridine rings is 1. The van der Waals surface area contributed by atoms with Crippen LogP contribution in [0.4, 0.5) is 0 Å². The largest absolute Gasteiger partial charge is 0.475 e. The Hall–Kier alpha value is -1.95. The van der Waals surface area contributed by atoms with E-state index >= 15 is 0 Å². The predicted octanol–water partition coefficient (Wildman–Crippen LogP) is 0.182. The van der Waals surface area contributed by atoms with Crippen LogP contribution in [0.5, 0.6) is 5.88 Å². The van der Waals surface area contributed by atoms with Crippen molar-refractivity contribution in [2.24, 2.45) is 0 Å². The van der Waals surface area contributed by atoms with Crippen LogP contribution in [0.2, 0.25) is 0 Å². The van der Waals surface area contributed by atoms with Gasteiger partial charge in [-0.3, -0.25) is 0 Å². The molecule has 6 nitrogen and oxygen atoms in total. The minimum absolute atomic E-state index is 0.184. The standard InChI is InChI=1S/C10H12N4O2/c15-9(5-8-6-12-14-13-8)7-16-10-3-1-2-4-11-10/h1-4,6,9,15H,5,7H2,(H,12,13,14). The molecule has 2 heterocycles. The molecule has 16 heavy (non-hydrogen) atoms. The van der Waals surface area contributed by atoms with E-state index < -0.39 is 6.10 Å². The van der Waals surface area contributed by atoms with Crippen LogP contribution in [0.3, 0.4) is 0 Å². The smallest absolute Gasteiger partial charge is 0.213 e. The second kappa shape index (κ2) is 5.22. The van der Waals surface area contributed by atoms with Gasteiger partial charge in [0, 0.05) is 18.7 Å². The molecule has 1 atom stereocenters. The highest BCUT2D eigenvalue weighted by Crippen LogP contribution is 2.05. The molecule has 0 aliphatic heterocycles. The molecule has 2 N–H and O–H groups in total. The lowest BCUT2D eigenvalue weighted by Gasteiger charge is -2.09. The molecule has 2 rings (SSSR count). The van der Waals surface area contributed by atoms with Crippen LogP contribution in [-0.4, -0.2) is 38.2 Å². The Morgan fingerprint density at radius 3 is 3.06 bits per heavy atom. The lowest BCUT2D eigenvalue weighted by molar-refractivity contribution is 0.104. The molecule has 0 aliphatic rings. The van der Waals surface area contributed by atoms with E-state index in [0.717, 1.165) is 0 Å². The second-order valence-electron chi connectivity index (χ2n) is 3.30. The molecule has 0 saturated heterocycles. The van der Waals surface area contributed by atoms with Crippen molar-refractivity contribution in [2.45, 2.75) is 12.5 Å². The van der Waals surface area contributed by atoms with Crippen molar-refractivity contribution in [3.63, 3.8) is 0 Å². The van der Waals surface area contributed by atoms with Gasteiger partial charge in [-0.15, -0.1) is 0 Å². The van der Waals surface area contributed by atoms with Crippen molar-refractivity contribution in [1.82, 2.24) is 20.4 Å². The Labute approximate surface area is 92.3 Å². The lowest BCUT2D eigenvalue weighted by atomic mass is 10.2. The average molecular weight is 220 g/mol. The van der Waals surface area contributed by atoms with E-state index in [4.69, 9.17) is 4.74 Å². The summed E-state index contributed by atoms with van der Waals surface area (Å²) in [6.45, 7) is 0.184. The van der Waals surface area contributed by atoms with Crippen molar-refractivity contribution in [3.8, 4) is 5.88 Å². The summed E-state index contributed by atoms with van der Waals surface area (Å²) in [6.07, 6.45) is 3.00. The lowest BCUT2D eigenvalue weighted by Crippen LogP contribution is -2.20. The van der Waals surface area contributed by atoms with Gasteiger partial charge in [-0.05, 0) is 6.07 Å². The zero-order valence-electron chi connectivity index (χ0n) is 8.58. The van der Waals surface area contributed by atoms with E-state index in [0.29, 0.717) is 18.0 Å². The maximum atomic E-state index is 9.65. The molecule has 1 unspecified atom stereocenters. The zero-order chi connectivity index (χ0) is 11.2. The molecule has 0 aliphatic carbocycles. The number of aromatic nitrogens is 4. The van der Waals surface area contributed by atoms with Gasteiger partial charge in [0.2, 0.25) is 5.88 Å². The minimum atomic E-state index is -0.618. The van der Waals surface area contributed by atoms with Gasteiger partial charge in [-0.2, -0.15) is 15.4 Å². The van der Waals surface area contributed by atoms with E-state index in [1.807, 2.05) is 6.07 Å². The van der Waals surface area contributed by atoms with Gasteiger partial charge in [0.25, 0.3) is 0 Å². The van der Waals surface area contributed by atoms with Crippen molar-refractivity contribution in [3.05, 3.63) is 36.3 Å². The summed E-state index contributed by atoms with van der Waals surface area (Å²) < 4.78 is 5.30. The monoisotopic (exact) mass is 220 g/mol. The Morgan fingerprint density at radius 2 is 2.38 bits per heavy atom. The fourth-order valence-electron chi connectivity index (χ4n) is 1.24. The van der Waals surface area contributed by atoms with E-state index in [9.17, 15) is 5.11 Å². The number of rotatable bonds is 5. The summed E-state index contributed by atoms with van der Waals surface area (Å²) >= 11 is 0. The predicted molar refractivity (Wildman–Crippen MR) is 55.8 cm³/mol. The highest BCUT2D eigenvalue weighted by molar-refractivity contribution is 5.09. The van der Waals surface area contributed by atoms with Crippen molar-refractivity contribution >= 4 is 0 Å². The molecule has 84 valence electrons. The second-order valence-corrected chi connectivity index (χ2v) is 3.30. The normalized spacial score (nSPS) is 12.3. The molecule has 2 aromatic rings. The SMILES string of the molecule is OC(COc1ccccn1)Cc1cn[nH]n1. The molecular formula is C10H12N4O2. The number of H-pyrrole nitrogens is 1. The molecule has 0 saturated carbocycles. The van der Waals surface area contributed by atoms with Gasteiger partial charge in [0.05, 0.1) is 18.0 Å². The first-order chi connectivity index (χ1) is 7.84. The van der Waals surface area contributed by atoms with Crippen LogP contribution >= 0.6 is 0 Å². The Kier molecular flexibility index (Phi) is 3.45. The van der Waals surface area contributed by atoms with E-state index in [-0.39, 0.29) is 6.61 Å². The highest BCUT2D eigenvalue weighted by atomic mass is 16.5. The molecule has 6 heteroatoms. The minimum Gasteiger partial charge on any atom is -0.475 e. The van der Waals surface area contributed by atoms with Crippen LogP contribution in [0.25, 0.3) is 0 Å². The number of aromatic amines is 1. The van der Waals surface area contributed by atoms with E-state index in [2.05, 4.69) is 20.4 Å². The molecule has 0 bridgehead atoms. The summed E-state index contributed by atoms with van der Waals surface area (Å²) in [7, 11) is 0. The van der Waals surface area contributed by atoms with Gasteiger partial charge < -0.3 is 9.84 Å². The Morgan fingerprint density at radius 1 is 1.44 bits per heavy atom. The highest BCUT2D eigenvalue weighted by Gasteiger charge is 2.08. The van der Waals surface area contributed by atoms with Crippen LogP contribution in [0.15, 0.2) is 30.6 Å². The van der Waals surface area contributed by atoms with Crippen LogP contribution in [0.1, 0.15) is 5.69 Å². The summed E-state index contributed by atoms with van der Waals surface area (Å²) in [5, 5.41) is 19.6. The van der Waals surface area contributed by atoms with E-state index in [1.54, 1.807) is 24.5 Å². The number of hydrogen-bond donors (Lipinski definition) is 2. The molecule has 0 amide bonds. The fourth-order valence-corrected chi connectivity index (χ4v) is 1.24. The van der Waals surface area contributed by atoms with Gasteiger partial charge in [0.1, 0.15) is 6.61 Å². The van der Waals surface area contributed by atoms with Crippen molar-refractivity contribution < 1.29 is 9.84 Å². The summed E-state index contributed by atoms with van der Waals surface area (Å²) in [6, 6.07) is 5.37. The Balaban J connectivity index is 1.78. The first-order valence-corrected chi connectivity index (χ1v) is 4.91. The Bertz CT molecular complexity index is 404. The fraction of sp³-hybridized carbons (Fsp3) is 0.300. The molecule has 2 aromatic heterocycles. The van der Waals surface area contributed by atoms with Crippen LogP contribution in [0, 0.1) is 0 Å². The summed E-state index contributed by atoms with van der Waals surface area (Å²) in [5.41, 5.74) is 0.706. The molecule has 0 spiro atoms. The number of ether oxygens (including phenoxy) is 1. The zero-order valence-corrected chi connectivity index (χ0v) is 8.58. The number of hydrogen-bond acceptors (Lipinski definition) is 5. The molecule has 0 radical (unpaired) electrons. The van der Waals surface area contributed by atoms with Gasteiger partial charge in [-0.1, -0.05) is 6.07 Å². The molecule has 0 fully saturated rings. The third-order valence-corrected chi connectivity index (χ3v) is 1.97. The maximum absolute atomic E-state index is 9.65. The van der Waals surface area contributed by atoms with Crippen molar-refractivity contribution in [2.75, 3.05) is 6.61 Å². The first kappa shape index (κ1) is 10.6. The number of nitrogens with one attached hydrogen (secondary N) is 1. The van der Waals surface area contributed by atoms with Crippen molar-refractivity contribution in [1.29, 1.82) is 0 Å². The maximum Gasteiger partial charge on any atom is 0.213 e. The van der Waals surface area contributed by atoms with Gasteiger partial charge in [0.15, 0.2) is 0 Å². The molecule has 0 aromatic carbocycles. The third-order valence-electron chi connectivity index (χ3n) is 1.97. The van der Waals surface area contributed by atoms with Crippen LogP contribution < -0.4 is 4.74 Å². The number of aliphatic hydroxyl groups excluding tert-OH is 1. The summed E-state index contributed by atoms with van der Waals surface area (Å²) in [4.78, 5) is 3.98. The third kappa shape index (κ3) is 3.03. The number of aliphatic hydroxyl groups is 1. The van der Waals surface area contributed by atoms with Crippen LogP contribution in [-0.2, 0) is 6.42 Å². The molecular weight excluding hydrogens is 208 g/mol. The summed E-state index contributed by atoms with van der Waals surface area (Å²) in [5.74, 6) is 0.502. The topological polar surface area (TPSA) is 83.9 Å². The average Bonchev–Trinajstić information content (AvgIpc) is 2.81. The quantitative estimate of drug-likeness (QED) is 0.751. The van der Waals surface area contributed by atoms with Gasteiger partial charge in [-0.25, -0.2) is 4.98 Å². The first-order valence-electron chi connectivity index (χ1n) is 4.91.